The van der Waals surface area contributed by atoms with Crippen LogP contribution in [0.4, 0.5) is 0 Å². The Balaban J connectivity index is 0.000000302. The number of fused-ring (bicyclic) bond motifs is 1. The van der Waals surface area contributed by atoms with Crippen LogP contribution in [-0.4, -0.2) is 25.4 Å². The van der Waals surface area contributed by atoms with E-state index < -0.39 is 0 Å². The molecular weight excluding hydrogens is 283 g/mol. The maximum atomic E-state index is 7.00. The van der Waals surface area contributed by atoms with Gasteiger partial charge in [-0.25, -0.2) is 0 Å². The Hall–Kier alpha value is -1.16. The highest BCUT2D eigenvalue weighted by Gasteiger charge is 2.22. The smallest absolute Gasteiger partial charge is 0.109 e. The lowest BCUT2D eigenvalue weighted by Gasteiger charge is -2.19. The van der Waals surface area contributed by atoms with Gasteiger partial charge in [0.1, 0.15) is 13.2 Å². The first kappa shape index (κ1) is 17.8. The van der Waals surface area contributed by atoms with E-state index in [9.17, 15) is 0 Å². The second-order valence-corrected chi connectivity index (χ2v) is 3.89. The van der Waals surface area contributed by atoms with Crippen LogP contribution in [0.1, 0.15) is 13.8 Å². The molecule has 2 aliphatic rings. The summed E-state index contributed by atoms with van der Waals surface area (Å²) in [4.78, 5) is 0. The minimum Gasteiger partial charge on any atom is -0.400 e. The lowest BCUT2D eigenvalue weighted by Crippen LogP contribution is -1.93. The van der Waals surface area contributed by atoms with Gasteiger partial charge in [-0.1, -0.05) is 47.2 Å². The van der Waals surface area contributed by atoms with Crippen LogP contribution in [0.5, 0.6) is 0 Å². The molecule has 0 aliphatic heterocycles. The Kier molecular flexibility index (Phi) is 10.1. The molecular formula is C15H16Cl2O2. The van der Waals surface area contributed by atoms with Crippen LogP contribution < -0.4 is 0 Å². The molecule has 0 saturated carbocycles. The summed E-state index contributed by atoms with van der Waals surface area (Å²) in [6.45, 7) is 4.56. The third-order valence-corrected chi connectivity index (χ3v) is 2.96. The average molecular weight is 299 g/mol. The summed E-state index contributed by atoms with van der Waals surface area (Å²) >= 11 is 11.3. The summed E-state index contributed by atoms with van der Waals surface area (Å²) in [5.41, 5.74) is 2.24. The van der Waals surface area contributed by atoms with E-state index in [1.807, 2.05) is 12.1 Å². The van der Waals surface area contributed by atoms with Gasteiger partial charge in [0.15, 0.2) is 0 Å². The number of aliphatic hydroxyl groups excluding tert-OH is 1. The van der Waals surface area contributed by atoms with Crippen molar-refractivity contribution < 1.29 is 9.84 Å². The van der Waals surface area contributed by atoms with Crippen LogP contribution in [0.25, 0.3) is 11.1 Å². The van der Waals surface area contributed by atoms with Crippen LogP contribution in [0.2, 0.25) is 10.0 Å². The van der Waals surface area contributed by atoms with Crippen molar-refractivity contribution in [2.75, 3.05) is 20.3 Å². The minimum absolute atomic E-state index is 0.491. The second-order valence-electron chi connectivity index (χ2n) is 3.14. The van der Waals surface area contributed by atoms with Crippen molar-refractivity contribution in [1.82, 2.24) is 0 Å². The lowest BCUT2D eigenvalue weighted by atomic mass is 9.94. The first-order valence-corrected chi connectivity index (χ1v) is 6.28. The zero-order valence-corrected chi connectivity index (χ0v) is 12.7. The van der Waals surface area contributed by atoms with Gasteiger partial charge in [-0.3, -0.25) is 0 Å². The van der Waals surface area contributed by atoms with Crippen molar-refractivity contribution in [2.24, 2.45) is 0 Å². The highest BCUT2D eigenvalue weighted by Crippen LogP contribution is 2.49. The number of benzene rings is 1. The summed E-state index contributed by atoms with van der Waals surface area (Å²) in [6.07, 6.45) is 0. The van der Waals surface area contributed by atoms with E-state index in [1.165, 1.54) is 0 Å². The molecule has 0 unspecified atom stereocenters. The van der Waals surface area contributed by atoms with Crippen molar-refractivity contribution in [1.29, 1.82) is 0 Å². The number of ether oxygens (including phenoxy) is 1. The van der Waals surface area contributed by atoms with Crippen molar-refractivity contribution in [3.05, 3.63) is 22.2 Å². The fourth-order valence-electron chi connectivity index (χ4n) is 1.10. The molecule has 0 amide bonds. The number of halogens is 2. The van der Waals surface area contributed by atoms with Crippen LogP contribution in [0.3, 0.4) is 0 Å². The van der Waals surface area contributed by atoms with Crippen LogP contribution in [0, 0.1) is 23.7 Å². The molecule has 0 bridgehead atoms. The Labute approximate surface area is 124 Å². The van der Waals surface area contributed by atoms with Gasteiger partial charge in [0.2, 0.25) is 0 Å². The third kappa shape index (κ3) is 5.55. The molecule has 0 aromatic carbocycles. The molecule has 0 aromatic heterocycles. The first-order valence-electron chi connectivity index (χ1n) is 5.52. The molecule has 4 heteroatoms. The summed E-state index contributed by atoms with van der Waals surface area (Å²) in [7, 11) is 1.00. The molecule has 2 aliphatic carbocycles. The molecule has 0 saturated heterocycles. The first-order chi connectivity index (χ1) is 9.22. The minimum atomic E-state index is 0.491. The molecule has 0 heterocycles. The van der Waals surface area contributed by atoms with Gasteiger partial charge in [-0.05, 0) is 13.8 Å². The summed E-state index contributed by atoms with van der Waals surface area (Å²) in [6, 6.07) is 3.92. The average Bonchev–Trinajstić information content (AvgIpc) is 2.41. The zero-order chi connectivity index (χ0) is 14.7. The highest BCUT2D eigenvalue weighted by molar-refractivity contribution is 6.49. The number of rotatable bonds is 2. The van der Waals surface area contributed by atoms with Gasteiger partial charge < -0.3 is 9.84 Å². The summed E-state index contributed by atoms with van der Waals surface area (Å²) < 4.78 is 4.97. The van der Waals surface area contributed by atoms with Gasteiger partial charge in [-0.15, -0.1) is 11.8 Å². The normalized spacial score (nSPS) is 8.32. The third-order valence-electron chi connectivity index (χ3n) is 2.07. The molecule has 0 fully saturated rings. The molecule has 2 nitrogen and oxygen atoms in total. The largest absolute Gasteiger partial charge is 0.400 e. The van der Waals surface area contributed by atoms with E-state index in [2.05, 4.69) is 23.7 Å². The predicted octanol–water partition coefficient (Wildman–Crippen LogP) is 3.63. The van der Waals surface area contributed by atoms with Crippen LogP contribution in [-0.2, 0) is 4.74 Å². The van der Waals surface area contributed by atoms with Crippen LogP contribution >= 0.6 is 23.2 Å². The Morgan fingerprint density at radius 3 is 1.53 bits per heavy atom. The fraction of sp³-hybridized carbons (Fsp3) is 0.333. The number of aliphatic hydroxyl groups is 1. The van der Waals surface area contributed by atoms with Crippen molar-refractivity contribution in [2.45, 2.75) is 13.8 Å². The maximum absolute atomic E-state index is 7.00. The SMILES string of the molecule is CC#CCOCC#CC.CO.Clc1c2ccc-2c1Cl. The Morgan fingerprint density at radius 2 is 1.32 bits per heavy atom. The zero-order valence-electron chi connectivity index (χ0n) is 11.2. The molecule has 1 N–H and O–H groups in total. The van der Waals surface area contributed by atoms with Gasteiger partial charge in [0.05, 0.1) is 10.0 Å². The molecule has 2 rings (SSSR count). The molecule has 0 spiro atoms. The van der Waals surface area contributed by atoms with E-state index in [4.69, 9.17) is 33.0 Å². The molecule has 0 aromatic rings. The monoisotopic (exact) mass is 298 g/mol. The van der Waals surface area contributed by atoms with Gasteiger partial charge in [0, 0.05) is 18.2 Å². The van der Waals surface area contributed by atoms with Crippen LogP contribution in [0.15, 0.2) is 12.1 Å². The lowest BCUT2D eigenvalue weighted by molar-refractivity contribution is 0.204. The second kappa shape index (κ2) is 10.7. The van der Waals surface area contributed by atoms with Gasteiger partial charge >= 0.3 is 0 Å². The molecule has 0 atom stereocenters. The van der Waals surface area contributed by atoms with E-state index in [0.717, 1.165) is 28.3 Å². The number of hydrogen-bond acceptors (Lipinski definition) is 2. The highest BCUT2D eigenvalue weighted by atomic mass is 35.5. The fourth-order valence-corrected chi connectivity index (χ4v) is 1.64. The molecule has 19 heavy (non-hydrogen) atoms. The predicted molar refractivity (Wildman–Crippen MR) is 81.3 cm³/mol. The quantitative estimate of drug-likeness (QED) is 0.678. The standard InChI is InChI=1S/C8H10O.C6H2Cl2.CH4O/c1-3-5-7-9-8-6-4-2;7-5-3-1-2-4(3)6(5)8;1-2/h7-8H2,1-2H3;1-2H;2H,1H3. The maximum Gasteiger partial charge on any atom is 0.109 e. The van der Waals surface area contributed by atoms with E-state index >= 15 is 0 Å². The summed E-state index contributed by atoms with van der Waals surface area (Å²) in [5.74, 6) is 11.0. The Bertz CT molecular complexity index is 470. The van der Waals surface area contributed by atoms with E-state index in [0.29, 0.717) is 13.2 Å². The molecule has 102 valence electrons. The van der Waals surface area contributed by atoms with Gasteiger partial charge in [0.25, 0.3) is 0 Å². The molecule has 0 radical (unpaired) electrons. The van der Waals surface area contributed by atoms with Crippen molar-refractivity contribution >= 4 is 23.2 Å². The van der Waals surface area contributed by atoms with E-state index in [1.54, 1.807) is 13.8 Å². The summed E-state index contributed by atoms with van der Waals surface area (Å²) in [5, 5.41) is 8.45. The van der Waals surface area contributed by atoms with Gasteiger partial charge in [-0.2, -0.15) is 0 Å². The number of hydrogen-bond donors (Lipinski definition) is 1. The van der Waals surface area contributed by atoms with Crippen molar-refractivity contribution in [3.8, 4) is 34.8 Å². The van der Waals surface area contributed by atoms with Crippen molar-refractivity contribution in [3.63, 3.8) is 0 Å². The Morgan fingerprint density at radius 1 is 0.947 bits per heavy atom. The van der Waals surface area contributed by atoms with E-state index in [-0.39, 0.29) is 0 Å². The topological polar surface area (TPSA) is 29.5 Å².